The van der Waals surface area contributed by atoms with Crippen molar-refractivity contribution >= 4 is 40.8 Å². The van der Waals surface area contributed by atoms with E-state index in [1.807, 2.05) is 48.5 Å². The van der Waals surface area contributed by atoms with Crippen LogP contribution in [0.15, 0.2) is 91.0 Å². The number of hydrogen-bond acceptors (Lipinski definition) is 8. The molecule has 1 heterocycles. The molecule has 1 fully saturated rings. The second-order valence-electron chi connectivity index (χ2n) is 11.1. The summed E-state index contributed by atoms with van der Waals surface area (Å²) in [6.07, 6.45) is 0. The van der Waals surface area contributed by atoms with E-state index in [0.29, 0.717) is 11.4 Å². The minimum Gasteiger partial charge on any atom is -0.497 e. The van der Waals surface area contributed by atoms with Gasteiger partial charge in [-0.3, -0.25) is 24.5 Å². The van der Waals surface area contributed by atoms with Crippen LogP contribution in [0, 0.1) is 22.0 Å². The second-order valence-corrected chi connectivity index (χ2v) is 11.1. The number of rotatable bonds is 7. The van der Waals surface area contributed by atoms with Crippen molar-refractivity contribution < 1.29 is 33.6 Å². The second kappa shape index (κ2) is 10.7. The van der Waals surface area contributed by atoms with Crippen molar-refractivity contribution in [3.63, 3.8) is 0 Å². The van der Waals surface area contributed by atoms with Crippen LogP contribution in [0.2, 0.25) is 0 Å². The van der Waals surface area contributed by atoms with Crippen LogP contribution in [0.4, 0.5) is 17.1 Å². The first kappa shape index (κ1) is 28.0. The Morgan fingerprint density at radius 2 is 1.36 bits per heavy atom. The molecule has 0 aromatic heterocycles. The monoisotopic (exact) mass is 603 g/mol. The van der Waals surface area contributed by atoms with Gasteiger partial charge in [-0.25, -0.2) is 9.69 Å². The summed E-state index contributed by atoms with van der Waals surface area (Å²) in [4.78, 5) is 64.9. The Morgan fingerprint density at radius 3 is 1.84 bits per heavy atom. The third kappa shape index (κ3) is 4.43. The standard InChI is InChI=1S/C34H25N3O8/c1-44-20-14-15-26(37(42)43)25(16-20)35-27(38)17-45-34(41)18-10-12-19(13-11-18)36-32(39)30-28-21-6-2-3-7-22(21)29(31(30)33(36)40)24-9-5-4-8-23(24)28/h2-16,28-31H,17H2,1H3,(H,35,38)/t28?,29?,30-,31-/m0/s1. The van der Waals surface area contributed by atoms with Gasteiger partial charge in [-0.15, -0.1) is 0 Å². The zero-order chi connectivity index (χ0) is 31.4. The van der Waals surface area contributed by atoms with E-state index in [1.165, 1.54) is 54.5 Å². The van der Waals surface area contributed by atoms with Crippen molar-refractivity contribution in [3.8, 4) is 5.75 Å². The van der Waals surface area contributed by atoms with Crippen LogP contribution in [0.5, 0.6) is 5.75 Å². The van der Waals surface area contributed by atoms with Gasteiger partial charge in [-0.05, 0) is 52.6 Å². The Hall–Kier alpha value is -5.84. The molecule has 11 heteroatoms. The fraction of sp³-hybridized carbons (Fsp3) is 0.176. The van der Waals surface area contributed by atoms with E-state index in [-0.39, 0.29) is 40.6 Å². The highest BCUT2D eigenvalue weighted by atomic mass is 16.6. The Bertz CT molecular complexity index is 1810. The smallest absolute Gasteiger partial charge is 0.338 e. The molecule has 0 spiro atoms. The largest absolute Gasteiger partial charge is 0.497 e. The van der Waals surface area contributed by atoms with E-state index in [1.54, 1.807) is 0 Å². The van der Waals surface area contributed by atoms with Crippen LogP contribution in [-0.4, -0.2) is 42.3 Å². The molecular weight excluding hydrogens is 578 g/mol. The SMILES string of the molecule is COc1ccc([N+](=O)[O-])c(NC(=O)COC(=O)c2ccc(N3C(=O)[C@H]4C5c6ccccc6C(c6ccccc65)[C@@H]4C3=O)cc2)c1. The van der Waals surface area contributed by atoms with Gasteiger partial charge in [-0.2, -0.15) is 0 Å². The average Bonchev–Trinajstić information content (AvgIpc) is 3.33. The molecule has 4 aliphatic rings. The highest BCUT2D eigenvalue weighted by Gasteiger charge is 2.61. The molecule has 8 rings (SSSR count). The van der Waals surface area contributed by atoms with Crippen molar-refractivity contribution in [1.29, 1.82) is 0 Å². The maximum Gasteiger partial charge on any atom is 0.338 e. The lowest BCUT2D eigenvalue weighted by molar-refractivity contribution is -0.383. The summed E-state index contributed by atoms with van der Waals surface area (Å²) in [6, 6.07) is 25.7. The zero-order valence-corrected chi connectivity index (χ0v) is 23.8. The van der Waals surface area contributed by atoms with Crippen molar-refractivity contribution in [3.05, 3.63) is 129 Å². The molecule has 4 aromatic carbocycles. The molecule has 0 unspecified atom stereocenters. The number of nitro benzene ring substituents is 1. The number of nitrogens with zero attached hydrogens (tertiary/aromatic N) is 2. The highest BCUT2D eigenvalue weighted by Crippen LogP contribution is 2.61. The maximum absolute atomic E-state index is 13.9. The van der Waals surface area contributed by atoms with E-state index in [2.05, 4.69) is 5.32 Å². The maximum atomic E-state index is 13.9. The van der Waals surface area contributed by atoms with Crippen LogP contribution in [0.25, 0.3) is 0 Å². The summed E-state index contributed by atoms with van der Waals surface area (Å²) in [6.45, 7) is -0.703. The molecule has 4 aromatic rings. The number of nitrogens with one attached hydrogen (secondary N) is 1. The van der Waals surface area contributed by atoms with Gasteiger partial charge in [0.2, 0.25) is 11.8 Å². The predicted molar refractivity (Wildman–Crippen MR) is 161 cm³/mol. The van der Waals surface area contributed by atoms with Gasteiger partial charge < -0.3 is 14.8 Å². The summed E-state index contributed by atoms with van der Waals surface area (Å²) in [5.41, 5.74) is 4.29. The van der Waals surface area contributed by atoms with E-state index in [9.17, 15) is 29.3 Å². The van der Waals surface area contributed by atoms with Gasteiger partial charge >= 0.3 is 5.97 Å². The number of anilines is 2. The number of imide groups is 1. The molecule has 2 atom stereocenters. The number of esters is 1. The van der Waals surface area contributed by atoms with Crippen LogP contribution < -0.4 is 15.0 Å². The van der Waals surface area contributed by atoms with E-state index in [4.69, 9.17) is 9.47 Å². The molecule has 0 radical (unpaired) electrons. The van der Waals surface area contributed by atoms with E-state index >= 15 is 0 Å². The number of hydrogen-bond donors (Lipinski definition) is 1. The fourth-order valence-corrected chi connectivity index (χ4v) is 6.98. The minimum absolute atomic E-state index is 0.0929. The van der Waals surface area contributed by atoms with E-state index < -0.39 is 35.2 Å². The van der Waals surface area contributed by atoms with Gasteiger partial charge in [-0.1, -0.05) is 48.5 Å². The van der Waals surface area contributed by atoms with Crippen LogP contribution >= 0.6 is 0 Å². The van der Waals surface area contributed by atoms with Gasteiger partial charge in [0.15, 0.2) is 6.61 Å². The van der Waals surface area contributed by atoms with Gasteiger partial charge in [0, 0.05) is 24.0 Å². The summed E-state index contributed by atoms with van der Waals surface area (Å²) >= 11 is 0. The van der Waals surface area contributed by atoms with Crippen molar-refractivity contribution in [2.24, 2.45) is 11.8 Å². The molecule has 1 saturated heterocycles. The van der Waals surface area contributed by atoms with Gasteiger partial charge in [0.1, 0.15) is 11.4 Å². The Kier molecular flexibility index (Phi) is 6.65. The molecular formula is C34H25N3O8. The lowest BCUT2D eigenvalue weighted by Crippen LogP contribution is -2.41. The molecule has 2 bridgehead atoms. The van der Waals surface area contributed by atoms with Crippen molar-refractivity contribution in [2.75, 3.05) is 23.9 Å². The molecule has 45 heavy (non-hydrogen) atoms. The number of ether oxygens (including phenoxy) is 2. The third-order valence-electron chi connectivity index (χ3n) is 8.82. The lowest BCUT2D eigenvalue weighted by atomic mass is 9.55. The summed E-state index contributed by atoms with van der Waals surface area (Å²) in [5, 5.41) is 13.7. The van der Waals surface area contributed by atoms with Crippen LogP contribution in [0.1, 0.15) is 44.4 Å². The number of carbonyl (C=O) groups excluding carboxylic acids is 4. The minimum atomic E-state index is -0.825. The zero-order valence-electron chi connectivity index (χ0n) is 23.8. The van der Waals surface area contributed by atoms with Crippen molar-refractivity contribution in [2.45, 2.75) is 11.8 Å². The molecule has 1 aliphatic heterocycles. The van der Waals surface area contributed by atoms with Crippen molar-refractivity contribution in [1.82, 2.24) is 0 Å². The molecule has 3 amide bonds. The summed E-state index contributed by atoms with van der Waals surface area (Å²) in [7, 11) is 1.38. The third-order valence-corrected chi connectivity index (χ3v) is 8.82. The van der Waals surface area contributed by atoms with E-state index in [0.717, 1.165) is 22.3 Å². The Balaban J connectivity index is 1.07. The average molecular weight is 604 g/mol. The van der Waals surface area contributed by atoms with Crippen LogP contribution in [-0.2, 0) is 19.1 Å². The number of benzene rings is 4. The first-order valence-corrected chi connectivity index (χ1v) is 14.2. The number of methoxy groups -OCH3 is 1. The lowest BCUT2D eigenvalue weighted by Gasteiger charge is -2.45. The molecule has 11 nitrogen and oxygen atoms in total. The van der Waals surface area contributed by atoms with Crippen LogP contribution in [0.3, 0.4) is 0 Å². The summed E-state index contributed by atoms with van der Waals surface area (Å²) in [5.74, 6) is -3.39. The first-order valence-electron chi connectivity index (χ1n) is 14.2. The van der Waals surface area contributed by atoms with Gasteiger partial charge in [0.05, 0.1) is 35.1 Å². The number of nitro groups is 1. The molecule has 1 N–H and O–H groups in total. The van der Waals surface area contributed by atoms with Gasteiger partial charge in [0.25, 0.3) is 11.6 Å². The predicted octanol–water partition coefficient (Wildman–Crippen LogP) is 4.80. The number of carbonyl (C=O) groups is 4. The fourth-order valence-electron chi connectivity index (χ4n) is 6.98. The Labute approximate surface area is 256 Å². The topological polar surface area (TPSA) is 145 Å². The molecule has 224 valence electrons. The molecule has 3 aliphatic carbocycles. The normalized spacial score (nSPS) is 20.6. The highest BCUT2D eigenvalue weighted by molar-refractivity contribution is 6.23. The summed E-state index contributed by atoms with van der Waals surface area (Å²) < 4.78 is 10.2. The first-order chi connectivity index (χ1) is 21.8. The Morgan fingerprint density at radius 1 is 0.822 bits per heavy atom. The quantitative estimate of drug-likeness (QED) is 0.137. The number of amides is 3. The molecule has 0 saturated carbocycles.